The molecule has 0 aliphatic carbocycles. The number of carboxylic acids is 1. The molecular weight excluding hydrogens is 452 g/mol. The fraction of sp³-hybridized carbons (Fsp3) is 0.938. The van der Waals surface area contributed by atoms with Crippen molar-refractivity contribution >= 4 is 24.2 Å². The molecule has 0 aliphatic heterocycles. The van der Waals surface area contributed by atoms with Gasteiger partial charge in [-0.15, -0.1) is 0 Å². The number of hydrogen-bond donors (Lipinski definition) is 4. The van der Waals surface area contributed by atoms with Crippen LogP contribution in [0, 0.1) is 0 Å². The molecule has 0 saturated heterocycles. The molecule has 0 aliphatic rings. The smallest absolute Gasteiger partial charge is 0.726 e. The van der Waals surface area contributed by atoms with Gasteiger partial charge >= 0.3 is 43.3 Å². The summed E-state index contributed by atoms with van der Waals surface area (Å²) >= 11 is 0. The molecule has 0 bridgehead atoms. The summed E-state index contributed by atoms with van der Waals surface area (Å²) in [5.41, 5.74) is 5.00. The van der Waals surface area contributed by atoms with Crippen molar-refractivity contribution in [2.45, 2.75) is 90.2 Å². The molecule has 11 nitrogen and oxygen atoms in total. The number of carbonyl (C=O) groups is 1. The molecule has 0 saturated carbocycles. The molecule has 0 aromatic rings. The molecule has 0 amide bonds. The van der Waals surface area contributed by atoms with Crippen LogP contribution in [-0.2, 0) is 28.5 Å². The van der Waals surface area contributed by atoms with Crippen molar-refractivity contribution in [2.75, 3.05) is 6.61 Å². The quantitative estimate of drug-likeness (QED) is 0.0705. The molecule has 0 unspecified atom stereocenters. The molecule has 0 heterocycles. The van der Waals surface area contributed by atoms with E-state index in [4.69, 9.17) is 20.6 Å². The number of phosphoric acid groups is 1. The van der Waals surface area contributed by atoms with E-state index in [1.165, 1.54) is 44.9 Å². The standard InChI is InChI=1S/C12H26O4S.C4H10NO6P.Na/c1-2-3-4-5-6-7-8-9-10-11-12-16-17(13,14)15;1-2(3(5)4(6)7)11-12(8,9)10;/h2-12H2,1H3,(H,13,14,15);2-3H,5H2,1H3,(H,6,7)(H2,8,9,10);/q;;+1/p-1/t;2-,3+;/m.1./s1. The van der Waals surface area contributed by atoms with Gasteiger partial charge in [-0.05, 0) is 13.3 Å². The van der Waals surface area contributed by atoms with Crippen molar-refractivity contribution in [3.63, 3.8) is 0 Å². The van der Waals surface area contributed by atoms with E-state index < -0.39 is 36.3 Å². The van der Waals surface area contributed by atoms with Crippen LogP contribution in [-0.4, -0.2) is 52.6 Å². The van der Waals surface area contributed by atoms with Crippen molar-refractivity contribution in [3.8, 4) is 0 Å². The first-order valence-electron chi connectivity index (χ1n) is 9.62. The molecule has 0 aromatic carbocycles. The van der Waals surface area contributed by atoms with Gasteiger partial charge in [0.2, 0.25) is 10.4 Å². The van der Waals surface area contributed by atoms with E-state index in [9.17, 15) is 22.3 Å². The Hall–Kier alpha value is 0.410. The van der Waals surface area contributed by atoms with Crippen molar-refractivity contribution < 1.29 is 75.5 Å². The molecule has 30 heavy (non-hydrogen) atoms. The van der Waals surface area contributed by atoms with Crippen LogP contribution in [0.4, 0.5) is 0 Å². The summed E-state index contributed by atoms with van der Waals surface area (Å²) in [6.45, 7) is 3.41. The first kappa shape index (κ1) is 35.0. The van der Waals surface area contributed by atoms with Crippen molar-refractivity contribution in [1.82, 2.24) is 0 Å². The first-order valence-corrected chi connectivity index (χ1v) is 12.5. The Labute approximate surface area is 201 Å². The van der Waals surface area contributed by atoms with Crippen LogP contribution in [0.15, 0.2) is 0 Å². The Kier molecular flexibility index (Phi) is 23.4. The topological polar surface area (TPSA) is 197 Å². The fourth-order valence-electron chi connectivity index (χ4n) is 2.23. The van der Waals surface area contributed by atoms with Gasteiger partial charge in [-0.1, -0.05) is 64.7 Å². The number of hydrogen-bond acceptors (Lipinski definition) is 8. The van der Waals surface area contributed by atoms with Crippen molar-refractivity contribution in [2.24, 2.45) is 5.73 Å². The maximum atomic E-state index is 10.2. The van der Waals surface area contributed by atoms with E-state index in [1.807, 2.05) is 0 Å². The molecule has 5 N–H and O–H groups in total. The zero-order valence-corrected chi connectivity index (χ0v) is 21.8. The number of unbranched alkanes of at least 4 members (excludes halogenated alkanes) is 9. The summed E-state index contributed by atoms with van der Waals surface area (Å²) in [5, 5.41) is 8.29. The number of carboxylic acid groups (broad SMARTS) is 1. The monoisotopic (exact) mass is 487 g/mol. The molecule has 0 rings (SSSR count). The SMILES string of the molecule is CCCCCCCCCCCCOS(=O)(=O)[O-].C[C@@H](OP(=O)(O)O)[C@H](N)C(=O)O.[Na+]. The minimum atomic E-state index is -4.66. The Morgan fingerprint density at radius 3 is 1.77 bits per heavy atom. The van der Waals surface area contributed by atoms with Crippen LogP contribution < -0.4 is 35.3 Å². The van der Waals surface area contributed by atoms with Crippen LogP contribution >= 0.6 is 7.82 Å². The summed E-state index contributed by atoms with van der Waals surface area (Å²) in [4.78, 5) is 26.7. The van der Waals surface area contributed by atoms with E-state index in [0.717, 1.165) is 19.8 Å². The third kappa shape index (κ3) is 28.4. The summed E-state index contributed by atoms with van der Waals surface area (Å²) in [5.74, 6) is -1.38. The molecule has 2 atom stereocenters. The second-order valence-electron chi connectivity index (χ2n) is 6.58. The maximum absolute atomic E-state index is 10.2. The minimum absolute atomic E-state index is 0. The third-order valence-corrected chi connectivity index (χ3v) is 4.88. The molecule has 0 spiro atoms. The zero-order chi connectivity index (χ0) is 22.9. The average molecular weight is 487 g/mol. The summed E-state index contributed by atoms with van der Waals surface area (Å²) in [6.07, 6.45) is 10.5. The van der Waals surface area contributed by atoms with Crippen molar-refractivity contribution in [3.05, 3.63) is 0 Å². The Morgan fingerprint density at radius 1 is 1.03 bits per heavy atom. The van der Waals surface area contributed by atoms with Crippen LogP contribution in [0.5, 0.6) is 0 Å². The Morgan fingerprint density at radius 2 is 1.43 bits per heavy atom. The van der Waals surface area contributed by atoms with Crippen LogP contribution in [0.3, 0.4) is 0 Å². The third-order valence-electron chi connectivity index (χ3n) is 3.82. The zero-order valence-electron chi connectivity index (χ0n) is 18.1. The molecular formula is C16H35NNaO10PS. The maximum Gasteiger partial charge on any atom is 1.00 e. The van der Waals surface area contributed by atoms with E-state index >= 15 is 0 Å². The Bertz CT molecular complexity index is 572. The van der Waals surface area contributed by atoms with Gasteiger partial charge in [0.25, 0.3) is 0 Å². The predicted octanol–water partition coefficient (Wildman–Crippen LogP) is -0.716. The number of aliphatic carboxylic acids is 1. The second kappa shape index (κ2) is 20.0. The number of phosphoric ester groups is 1. The van der Waals surface area contributed by atoms with Gasteiger partial charge in [0, 0.05) is 0 Å². The average Bonchev–Trinajstić information content (AvgIpc) is 2.57. The van der Waals surface area contributed by atoms with Gasteiger partial charge in [0.15, 0.2) is 0 Å². The number of nitrogens with two attached hydrogens (primary N) is 1. The fourth-order valence-corrected chi connectivity index (χ4v) is 3.12. The van der Waals surface area contributed by atoms with Gasteiger partial charge in [0.05, 0.1) is 12.7 Å². The van der Waals surface area contributed by atoms with Gasteiger partial charge in [-0.2, -0.15) is 0 Å². The minimum Gasteiger partial charge on any atom is -0.726 e. The van der Waals surface area contributed by atoms with Gasteiger partial charge in [-0.3, -0.25) is 13.5 Å². The van der Waals surface area contributed by atoms with Crippen LogP contribution in [0.25, 0.3) is 0 Å². The molecule has 0 fully saturated rings. The molecule has 0 radical (unpaired) electrons. The van der Waals surface area contributed by atoms with Gasteiger partial charge < -0.3 is 25.2 Å². The van der Waals surface area contributed by atoms with Gasteiger partial charge in [0.1, 0.15) is 6.04 Å². The summed E-state index contributed by atoms with van der Waals surface area (Å²) in [7, 11) is -9.14. The van der Waals surface area contributed by atoms with Crippen LogP contribution in [0.2, 0.25) is 0 Å². The molecule has 14 heteroatoms. The molecule has 0 aromatic heterocycles. The first-order chi connectivity index (χ1) is 13.3. The van der Waals surface area contributed by atoms with E-state index in [2.05, 4.69) is 15.6 Å². The predicted molar refractivity (Wildman–Crippen MR) is 106 cm³/mol. The summed E-state index contributed by atoms with van der Waals surface area (Å²) < 4.78 is 48.7. The van der Waals surface area contributed by atoms with Crippen molar-refractivity contribution in [1.29, 1.82) is 0 Å². The van der Waals surface area contributed by atoms with E-state index in [-0.39, 0.29) is 36.2 Å². The van der Waals surface area contributed by atoms with E-state index in [0.29, 0.717) is 6.42 Å². The Balaban J connectivity index is -0.000000497. The normalized spacial score (nSPS) is 13.5. The van der Waals surface area contributed by atoms with Gasteiger partial charge in [-0.25, -0.2) is 13.0 Å². The summed E-state index contributed by atoms with van der Waals surface area (Å²) in [6, 6.07) is -1.45. The second-order valence-corrected chi connectivity index (χ2v) is 8.82. The van der Waals surface area contributed by atoms with E-state index in [1.54, 1.807) is 0 Å². The number of rotatable bonds is 16. The largest absolute Gasteiger partial charge is 1.00 e. The molecule has 176 valence electrons. The van der Waals surface area contributed by atoms with Crippen LogP contribution in [0.1, 0.15) is 78.1 Å².